The van der Waals surface area contributed by atoms with Gasteiger partial charge in [-0.05, 0) is 53.8 Å². The van der Waals surface area contributed by atoms with E-state index in [2.05, 4.69) is 48.5 Å². The molecule has 2 rings (SSSR count). The van der Waals surface area contributed by atoms with E-state index in [9.17, 15) is 4.79 Å². The van der Waals surface area contributed by atoms with Crippen molar-refractivity contribution in [3.8, 4) is 0 Å². The first-order valence-corrected chi connectivity index (χ1v) is 8.84. The molecule has 21 heavy (non-hydrogen) atoms. The molecule has 2 aliphatic rings. The van der Waals surface area contributed by atoms with Crippen LogP contribution < -0.4 is 0 Å². The molecule has 0 spiro atoms. The summed E-state index contributed by atoms with van der Waals surface area (Å²) in [6.45, 7) is 17.3. The molecule has 1 saturated heterocycles. The lowest BCUT2D eigenvalue weighted by Gasteiger charge is -2.44. The number of hydrogen-bond donors (Lipinski definition) is 0. The Hall–Kier alpha value is -0.530. The van der Waals surface area contributed by atoms with Crippen molar-refractivity contribution in [2.45, 2.75) is 61.3 Å². The summed E-state index contributed by atoms with van der Waals surface area (Å²) in [7, 11) is 0. The maximum Gasteiger partial charge on any atom is 0.309 e. The summed E-state index contributed by atoms with van der Waals surface area (Å²) >= 11 is 0. The van der Waals surface area contributed by atoms with Crippen LogP contribution in [-0.4, -0.2) is 12.6 Å². The zero-order chi connectivity index (χ0) is 15.9. The molecule has 2 nitrogen and oxygen atoms in total. The van der Waals surface area contributed by atoms with Gasteiger partial charge in [-0.25, -0.2) is 0 Å². The van der Waals surface area contributed by atoms with Crippen molar-refractivity contribution >= 4 is 5.97 Å². The minimum Gasteiger partial charge on any atom is -0.465 e. The monoisotopic (exact) mass is 294 g/mol. The molecule has 1 aliphatic heterocycles. The number of cyclic esters (lactones) is 1. The summed E-state index contributed by atoms with van der Waals surface area (Å²) in [6, 6.07) is 0. The Morgan fingerprint density at radius 1 is 1.19 bits per heavy atom. The Balaban J connectivity index is 2.32. The highest BCUT2D eigenvalue weighted by Gasteiger charge is 2.53. The molecule has 122 valence electrons. The predicted octanol–water partition coefficient (Wildman–Crippen LogP) is 4.78. The summed E-state index contributed by atoms with van der Waals surface area (Å²) in [5, 5.41) is 0. The highest BCUT2D eigenvalue weighted by atomic mass is 16.5. The molecule has 2 fully saturated rings. The van der Waals surface area contributed by atoms with E-state index in [0.717, 1.165) is 6.42 Å². The fourth-order valence-corrected chi connectivity index (χ4v) is 5.23. The molecule has 1 saturated carbocycles. The van der Waals surface area contributed by atoms with Crippen LogP contribution in [0.4, 0.5) is 0 Å². The van der Waals surface area contributed by atoms with Crippen molar-refractivity contribution in [2.24, 2.45) is 46.8 Å². The van der Waals surface area contributed by atoms with Gasteiger partial charge in [-0.15, -0.1) is 0 Å². The smallest absolute Gasteiger partial charge is 0.309 e. The summed E-state index contributed by atoms with van der Waals surface area (Å²) in [5.74, 6) is 4.11. The van der Waals surface area contributed by atoms with Crippen LogP contribution in [0.2, 0.25) is 0 Å². The van der Waals surface area contributed by atoms with Gasteiger partial charge in [0, 0.05) is 0 Å². The van der Waals surface area contributed by atoms with Gasteiger partial charge in [-0.2, -0.15) is 0 Å². The first-order valence-electron chi connectivity index (χ1n) is 8.84. The van der Waals surface area contributed by atoms with Gasteiger partial charge in [0.05, 0.1) is 12.5 Å². The van der Waals surface area contributed by atoms with Crippen molar-refractivity contribution in [3.63, 3.8) is 0 Å². The van der Waals surface area contributed by atoms with Crippen LogP contribution in [0.3, 0.4) is 0 Å². The van der Waals surface area contributed by atoms with Gasteiger partial charge in [0.25, 0.3) is 0 Å². The maximum atomic E-state index is 12.1. The van der Waals surface area contributed by atoms with Crippen LogP contribution >= 0.6 is 0 Å². The van der Waals surface area contributed by atoms with Gasteiger partial charge in [-0.3, -0.25) is 4.79 Å². The molecule has 1 heterocycles. The minimum atomic E-state index is 0.0702. The maximum absolute atomic E-state index is 12.1. The topological polar surface area (TPSA) is 26.3 Å². The van der Waals surface area contributed by atoms with E-state index in [1.54, 1.807) is 0 Å². The predicted molar refractivity (Wildman–Crippen MR) is 86.8 cm³/mol. The minimum absolute atomic E-state index is 0.0702. The van der Waals surface area contributed by atoms with E-state index in [0.29, 0.717) is 47.5 Å². The summed E-state index contributed by atoms with van der Waals surface area (Å²) in [6.07, 6.45) is 2.14. The van der Waals surface area contributed by atoms with Crippen molar-refractivity contribution in [1.82, 2.24) is 0 Å². The van der Waals surface area contributed by atoms with Crippen LogP contribution in [0.1, 0.15) is 61.3 Å². The van der Waals surface area contributed by atoms with Crippen molar-refractivity contribution in [1.29, 1.82) is 0 Å². The summed E-state index contributed by atoms with van der Waals surface area (Å²) in [4.78, 5) is 12.1. The van der Waals surface area contributed by atoms with Gasteiger partial charge >= 0.3 is 5.97 Å². The van der Waals surface area contributed by atoms with E-state index in [1.807, 2.05) is 0 Å². The van der Waals surface area contributed by atoms with Crippen LogP contribution in [0.25, 0.3) is 0 Å². The summed E-state index contributed by atoms with van der Waals surface area (Å²) in [5.41, 5.74) is 0.325. The quantitative estimate of drug-likeness (QED) is 0.698. The number of carbonyl (C=O) groups is 1. The number of rotatable bonds is 4. The van der Waals surface area contributed by atoms with Crippen LogP contribution in [0, 0.1) is 46.8 Å². The first kappa shape index (κ1) is 16.8. The molecule has 0 radical (unpaired) electrons. The second kappa shape index (κ2) is 5.93. The first-order chi connectivity index (χ1) is 9.67. The molecule has 5 unspecified atom stereocenters. The molecule has 2 heteroatoms. The van der Waals surface area contributed by atoms with Gasteiger partial charge in [0.1, 0.15) is 0 Å². The molecule has 0 aromatic rings. The Kier molecular flexibility index (Phi) is 4.75. The Morgan fingerprint density at radius 2 is 1.81 bits per heavy atom. The van der Waals surface area contributed by atoms with Gasteiger partial charge in [0.15, 0.2) is 0 Å². The van der Waals surface area contributed by atoms with Crippen molar-refractivity contribution in [2.75, 3.05) is 6.61 Å². The number of ether oxygens (including phenoxy) is 1. The second-order valence-corrected chi connectivity index (χ2v) is 8.76. The molecule has 0 N–H and O–H groups in total. The van der Waals surface area contributed by atoms with Crippen LogP contribution in [0.5, 0.6) is 0 Å². The molecule has 1 aliphatic carbocycles. The molecule has 0 bridgehead atoms. The second-order valence-electron chi connectivity index (χ2n) is 8.76. The van der Waals surface area contributed by atoms with E-state index < -0.39 is 0 Å². The van der Waals surface area contributed by atoms with Crippen LogP contribution in [-0.2, 0) is 9.53 Å². The standard InChI is InChI=1S/C19H34O2/c1-11(2)16-15(14-8-9-21-18(14)20)10-13(5)17(16)19(6,7)12(3)4/h11-17H,8-10H2,1-7H3. The average molecular weight is 294 g/mol. The third-order valence-corrected chi connectivity index (χ3v) is 6.78. The highest BCUT2D eigenvalue weighted by Crippen LogP contribution is 2.57. The third-order valence-electron chi connectivity index (χ3n) is 6.78. The number of carbonyl (C=O) groups excluding carboxylic acids is 1. The third kappa shape index (κ3) is 2.87. The van der Waals surface area contributed by atoms with Gasteiger partial charge in [-0.1, -0.05) is 48.5 Å². The van der Waals surface area contributed by atoms with E-state index >= 15 is 0 Å². The number of hydrogen-bond acceptors (Lipinski definition) is 2. The van der Waals surface area contributed by atoms with Crippen molar-refractivity contribution < 1.29 is 9.53 Å². The SMILES string of the molecule is CC(C)C1C(C2CCOC2=O)CC(C)C1C(C)(C)C(C)C. The van der Waals surface area contributed by atoms with E-state index in [1.165, 1.54) is 6.42 Å². The van der Waals surface area contributed by atoms with Gasteiger partial charge in [0.2, 0.25) is 0 Å². The average Bonchev–Trinajstić information content (AvgIpc) is 2.92. The lowest BCUT2D eigenvalue weighted by atomic mass is 9.61. The fraction of sp³-hybridized carbons (Fsp3) is 0.947. The molecule has 0 aromatic carbocycles. The van der Waals surface area contributed by atoms with Gasteiger partial charge < -0.3 is 4.74 Å². The zero-order valence-corrected chi connectivity index (χ0v) is 15.0. The normalized spacial score (nSPS) is 37.6. The molecular weight excluding hydrogens is 260 g/mol. The van der Waals surface area contributed by atoms with Crippen LogP contribution in [0.15, 0.2) is 0 Å². The number of esters is 1. The van der Waals surface area contributed by atoms with Crippen molar-refractivity contribution in [3.05, 3.63) is 0 Å². The lowest BCUT2D eigenvalue weighted by molar-refractivity contribution is -0.143. The van der Waals surface area contributed by atoms with E-state index in [4.69, 9.17) is 4.74 Å². The molecule has 5 atom stereocenters. The molecule has 0 amide bonds. The highest BCUT2D eigenvalue weighted by molar-refractivity contribution is 5.74. The Labute approximate surface area is 131 Å². The Bertz CT molecular complexity index is 383. The lowest BCUT2D eigenvalue weighted by Crippen LogP contribution is -2.39. The molecular formula is C19H34O2. The van der Waals surface area contributed by atoms with E-state index in [-0.39, 0.29) is 11.9 Å². The zero-order valence-electron chi connectivity index (χ0n) is 15.0. The summed E-state index contributed by atoms with van der Waals surface area (Å²) < 4.78 is 5.27. The largest absolute Gasteiger partial charge is 0.465 e. The molecule has 0 aromatic heterocycles. The Morgan fingerprint density at radius 3 is 2.24 bits per heavy atom. The fourth-order valence-electron chi connectivity index (χ4n) is 5.23.